The van der Waals surface area contributed by atoms with E-state index in [1.54, 1.807) is 17.4 Å². The van der Waals surface area contributed by atoms with E-state index >= 15 is 0 Å². The predicted octanol–water partition coefficient (Wildman–Crippen LogP) is 4.27. The molecule has 0 saturated heterocycles. The highest BCUT2D eigenvalue weighted by atomic mass is 79.9. The first kappa shape index (κ1) is 12.5. The van der Waals surface area contributed by atoms with Crippen LogP contribution in [0.15, 0.2) is 22.7 Å². The highest BCUT2D eigenvalue weighted by Crippen LogP contribution is 2.21. The molecule has 5 heteroatoms. The van der Waals surface area contributed by atoms with Crippen molar-refractivity contribution < 1.29 is 4.39 Å². The third kappa shape index (κ3) is 3.04. The lowest BCUT2D eigenvalue weighted by atomic mass is 10.3. The van der Waals surface area contributed by atoms with Crippen LogP contribution in [0.4, 0.5) is 10.1 Å². The van der Waals surface area contributed by atoms with Crippen molar-refractivity contribution in [3.63, 3.8) is 0 Å². The van der Waals surface area contributed by atoms with Gasteiger partial charge in [0.25, 0.3) is 0 Å². The number of aryl methyl sites for hydroxylation is 2. The smallest absolute Gasteiger partial charge is 0.147 e. The average molecular weight is 315 g/mol. The fourth-order valence-electron chi connectivity index (χ4n) is 1.42. The zero-order valence-corrected chi connectivity index (χ0v) is 12.0. The van der Waals surface area contributed by atoms with Crippen LogP contribution >= 0.6 is 27.3 Å². The molecule has 1 N–H and O–H groups in total. The van der Waals surface area contributed by atoms with Gasteiger partial charge in [-0.1, -0.05) is 15.9 Å². The molecule has 1 aromatic carbocycles. The monoisotopic (exact) mass is 314 g/mol. The number of hydrogen-bond donors (Lipinski definition) is 1. The van der Waals surface area contributed by atoms with E-state index in [0.29, 0.717) is 12.2 Å². The van der Waals surface area contributed by atoms with Gasteiger partial charge in [-0.3, -0.25) is 0 Å². The summed E-state index contributed by atoms with van der Waals surface area (Å²) >= 11 is 4.86. The Morgan fingerprint density at radius 3 is 2.76 bits per heavy atom. The number of thiazole rings is 1. The van der Waals surface area contributed by atoms with Crippen LogP contribution in [0.5, 0.6) is 0 Å². The van der Waals surface area contributed by atoms with Gasteiger partial charge in [0.05, 0.1) is 17.9 Å². The van der Waals surface area contributed by atoms with Crippen molar-refractivity contribution in [2.24, 2.45) is 0 Å². The number of halogens is 2. The molecule has 0 spiro atoms. The van der Waals surface area contributed by atoms with Crippen LogP contribution in [0.25, 0.3) is 0 Å². The summed E-state index contributed by atoms with van der Waals surface area (Å²) in [7, 11) is 0. The summed E-state index contributed by atoms with van der Waals surface area (Å²) in [5.74, 6) is -0.260. The van der Waals surface area contributed by atoms with Gasteiger partial charge in [-0.05, 0) is 32.0 Å². The Hall–Kier alpha value is -0.940. The van der Waals surface area contributed by atoms with Gasteiger partial charge in [-0.15, -0.1) is 11.3 Å². The Labute approximate surface area is 112 Å². The lowest BCUT2D eigenvalue weighted by molar-refractivity contribution is 0.629. The first-order chi connectivity index (χ1) is 8.06. The molecule has 0 aliphatic carbocycles. The molecule has 17 heavy (non-hydrogen) atoms. The minimum atomic E-state index is -0.260. The quantitative estimate of drug-likeness (QED) is 0.915. The van der Waals surface area contributed by atoms with Gasteiger partial charge >= 0.3 is 0 Å². The molecule has 0 amide bonds. The van der Waals surface area contributed by atoms with E-state index in [9.17, 15) is 4.39 Å². The summed E-state index contributed by atoms with van der Waals surface area (Å²) in [6, 6.07) is 4.97. The fraction of sp³-hybridized carbons (Fsp3) is 0.250. The zero-order chi connectivity index (χ0) is 12.4. The van der Waals surface area contributed by atoms with Gasteiger partial charge in [0.15, 0.2) is 0 Å². The third-order valence-corrected chi connectivity index (χ3v) is 4.00. The molecule has 2 nitrogen and oxygen atoms in total. The normalized spacial score (nSPS) is 10.6. The van der Waals surface area contributed by atoms with Gasteiger partial charge in [-0.25, -0.2) is 9.37 Å². The van der Waals surface area contributed by atoms with Crippen molar-refractivity contribution in [2.75, 3.05) is 5.32 Å². The summed E-state index contributed by atoms with van der Waals surface area (Å²) in [5.41, 5.74) is 1.54. The summed E-state index contributed by atoms with van der Waals surface area (Å²) in [6.45, 7) is 4.57. The van der Waals surface area contributed by atoms with E-state index in [1.807, 2.05) is 19.9 Å². The number of hydrogen-bond acceptors (Lipinski definition) is 3. The third-order valence-electron chi connectivity index (χ3n) is 2.43. The molecule has 90 valence electrons. The second-order valence-electron chi connectivity index (χ2n) is 3.73. The van der Waals surface area contributed by atoms with Crippen LogP contribution in [-0.2, 0) is 6.54 Å². The van der Waals surface area contributed by atoms with Gasteiger partial charge < -0.3 is 5.32 Å². The Kier molecular flexibility index (Phi) is 3.79. The van der Waals surface area contributed by atoms with Crippen LogP contribution in [-0.4, -0.2) is 4.98 Å². The van der Waals surface area contributed by atoms with Crippen molar-refractivity contribution in [3.05, 3.63) is 44.1 Å². The SMILES string of the molecule is Cc1nc(CNc2ccc(Br)cc2F)sc1C. The molecular weight excluding hydrogens is 303 g/mol. The molecule has 2 aromatic rings. The lowest BCUT2D eigenvalue weighted by Gasteiger charge is -2.05. The second-order valence-corrected chi connectivity index (χ2v) is 5.93. The van der Waals surface area contributed by atoms with Crippen LogP contribution < -0.4 is 5.32 Å². The summed E-state index contributed by atoms with van der Waals surface area (Å²) < 4.78 is 14.3. The molecule has 0 unspecified atom stereocenters. The molecule has 0 fully saturated rings. The minimum absolute atomic E-state index is 0.260. The molecule has 1 heterocycles. The highest BCUT2D eigenvalue weighted by molar-refractivity contribution is 9.10. The number of nitrogens with one attached hydrogen (secondary N) is 1. The fourth-order valence-corrected chi connectivity index (χ4v) is 2.63. The second kappa shape index (κ2) is 5.14. The maximum Gasteiger partial charge on any atom is 0.147 e. The number of anilines is 1. The Morgan fingerprint density at radius 1 is 1.41 bits per heavy atom. The van der Waals surface area contributed by atoms with Crippen molar-refractivity contribution in [1.29, 1.82) is 0 Å². The van der Waals surface area contributed by atoms with Crippen LogP contribution in [0.2, 0.25) is 0 Å². The molecule has 1 aromatic heterocycles. The van der Waals surface area contributed by atoms with Crippen molar-refractivity contribution in [2.45, 2.75) is 20.4 Å². The van der Waals surface area contributed by atoms with E-state index in [2.05, 4.69) is 26.2 Å². The van der Waals surface area contributed by atoms with E-state index in [1.165, 1.54) is 10.9 Å². The first-order valence-electron chi connectivity index (χ1n) is 5.18. The number of rotatable bonds is 3. The molecule has 0 aliphatic heterocycles. The number of aromatic nitrogens is 1. The van der Waals surface area contributed by atoms with Gasteiger partial charge in [0, 0.05) is 9.35 Å². The molecular formula is C12H12BrFN2S. The molecule has 0 aliphatic rings. The first-order valence-corrected chi connectivity index (χ1v) is 6.79. The molecule has 2 rings (SSSR count). The zero-order valence-electron chi connectivity index (χ0n) is 9.55. The molecule has 0 atom stereocenters. The summed E-state index contributed by atoms with van der Waals surface area (Å²) in [4.78, 5) is 5.60. The maximum absolute atomic E-state index is 13.5. The summed E-state index contributed by atoms with van der Waals surface area (Å²) in [5, 5.41) is 4.02. The standard InChI is InChI=1S/C12H12BrFN2S/c1-7-8(2)17-12(16-7)6-15-11-4-3-9(13)5-10(11)14/h3-5,15H,6H2,1-2H3. The maximum atomic E-state index is 13.5. The molecule has 0 bridgehead atoms. The highest BCUT2D eigenvalue weighted by Gasteiger charge is 2.05. The van der Waals surface area contributed by atoms with Crippen molar-refractivity contribution >= 4 is 33.0 Å². The van der Waals surface area contributed by atoms with Gasteiger partial charge in [0.2, 0.25) is 0 Å². The minimum Gasteiger partial charge on any atom is -0.376 e. The van der Waals surface area contributed by atoms with Gasteiger partial charge in [0.1, 0.15) is 10.8 Å². The van der Waals surface area contributed by atoms with E-state index in [4.69, 9.17) is 0 Å². The van der Waals surface area contributed by atoms with E-state index < -0.39 is 0 Å². The summed E-state index contributed by atoms with van der Waals surface area (Å²) in [6.07, 6.45) is 0. The Balaban J connectivity index is 2.07. The molecule has 0 radical (unpaired) electrons. The van der Waals surface area contributed by atoms with E-state index in [-0.39, 0.29) is 5.82 Å². The lowest BCUT2D eigenvalue weighted by Crippen LogP contribution is -2.01. The van der Waals surface area contributed by atoms with Gasteiger partial charge in [-0.2, -0.15) is 0 Å². The predicted molar refractivity (Wildman–Crippen MR) is 73.0 cm³/mol. The van der Waals surface area contributed by atoms with Crippen molar-refractivity contribution in [1.82, 2.24) is 4.98 Å². The van der Waals surface area contributed by atoms with Crippen LogP contribution in [0, 0.1) is 19.7 Å². The largest absolute Gasteiger partial charge is 0.376 e. The molecule has 0 saturated carbocycles. The average Bonchev–Trinajstić information content (AvgIpc) is 2.57. The topological polar surface area (TPSA) is 24.9 Å². The number of nitrogens with zero attached hydrogens (tertiary/aromatic N) is 1. The Bertz CT molecular complexity index is 520. The van der Waals surface area contributed by atoms with Crippen LogP contribution in [0.3, 0.4) is 0 Å². The number of benzene rings is 1. The van der Waals surface area contributed by atoms with E-state index in [0.717, 1.165) is 15.2 Å². The van der Waals surface area contributed by atoms with Crippen molar-refractivity contribution in [3.8, 4) is 0 Å². The Morgan fingerprint density at radius 2 is 2.18 bits per heavy atom. The van der Waals surface area contributed by atoms with Crippen LogP contribution in [0.1, 0.15) is 15.6 Å².